The van der Waals surface area contributed by atoms with E-state index < -0.39 is 29.5 Å². The van der Waals surface area contributed by atoms with Crippen LogP contribution >= 0.6 is 0 Å². The summed E-state index contributed by atoms with van der Waals surface area (Å²) >= 11 is 0. The Kier molecular flexibility index (Phi) is 4.04. The fourth-order valence-electron chi connectivity index (χ4n) is 7.31. The van der Waals surface area contributed by atoms with Crippen molar-refractivity contribution in [3.63, 3.8) is 0 Å². The summed E-state index contributed by atoms with van der Waals surface area (Å²) in [4.78, 5) is 12.4. The van der Waals surface area contributed by atoms with Gasteiger partial charge in [0.2, 0.25) is 0 Å². The highest BCUT2D eigenvalue weighted by molar-refractivity contribution is 5.94. The molecule has 0 aromatic heterocycles. The summed E-state index contributed by atoms with van der Waals surface area (Å²) in [6.45, 7) is 3.55. The summed E-state index contributed by atoms with van der Waals surface area (Å²) in [6.07, 6.45) is 6.56. The van der Waals surface area contributed by atoms with Gasteiger partial charge in [0.05, 0.1) is 6.10 Å². The molecule has 0 aromatic carbocycles. The molecule has 0 spiro atoms. The van der Waals surface area contributed by atoms with Crippen LogP contribution in [0.5, 0.6) is 0 Å². The van der Waals surface area contributed by atoms with Crippen LogP contribution < -0.4 is 0 Å². The molecule has 4 N–H and O–H groups in total. The fourth-order valence-corrected chi connectivity index (χ4v) is 7.31. The maximum Gasteiger partial charge on any atom is 0.190 e. The van der Waals surface area contributed by atoms with Crippen LogP contribution in [0.25, 0.3) is 0 Å². The minimum absolute atomic E-state index is 0.0874. The van der Waals surface area contributed by atoms with Crippen LogP contribution in [0.1, 0.15) is 58.8 Å². The second kappa shape index (κ2) is 5.73. The van der Waals surface area contributed by atoms with Gasteiger partial charge in [0.15, 0.2) is 5.78 Å². The quantitative estimate of drug-likeness (QED) is 0.606. The Morgan fingerprint density at radius 3 is 2.69 bits per heavy atom. The van der Waals surface area contributed by atoms with E-state index in [1.54, 1.807) is 0 Å². The van der Waals surface area contributed by atoms with Crippen molar-refractivity contribution in [2.75, 3.05) is 6.61 Å². The molecule has 4 aliphatic carbocycles. The molecule has 0 saturated heterocycles. The number of rotatable bonds is 2. The van der Waals surface area contributed by atoms with Crippen LogP contribution in [0, 0.1) is 34.0 Å². The molecule has 5 nitrogen and oxygen atoms in total. The normalized spacial score (nSPS) is 50.5. The number of carbonyl (C=O) groups is 1. The predicted molar refractivity (Wildman–Crippen MR) is 97.9 cm³/mol. The van der Waals surface area contributed by atoms with Gasteiger partial charge in [-0.15, -0.1) is 0 Å². The van der Waals surface area contributed by atoms with Crippen LogP contribution in [0.15, 0.2) is 11.6 Å². The minimum atomic E-state index is -1.52. The molecular formula is C21H31NO4. The molecule has 4 aliphatic rings. The van der Waals surface area contributed by atoms with E-state index in [4.69, 9.17) is 5.41 Å². The third kappa shape index (κ3) is 2.14. The maximum absolute atomic E-state index is 12.4. The van der Waals surface area contributed by atoms with Crippen LogP contribution in [0.4, 0.5) is 0 Å². The van der Waals surface area contributed by atoms with Crippen LogP contribution in [0.2, 0.25) is 0 Å². The van der Waals surface area contributed by atoms with Gasteiger partial charge in [-0.05, 0) is 74.2 Å². The SMILES string of the molecule is CC12CCC(=N)C=C1CCC1C2C(O)CC2(C)C1CCC2(O)C(=O)CO. The maximum atomic E-state index is 12.4. The van der Waals surface area contributed by atoms with Gasteiger partial charge < -0.3 is 20.7 Å². The molecule has 3 saturated carbocycles. The van der Waals surface area contributed by atoms with Crippen molar-refractivity contribution in [1.82, 2.24) is 0 Å². The van der Waals surface area contributed by atoms with E-state index >= 15 is 0 Å². The first-order chi connectivity index (χ1) is 12.2. The molecule has 0 radical (unpaired) electrons. The first-order valence-corrected chi connectivity index (χ1v) is 10.0. The lowest BCUT2D eigenvalue weighted by Crippen LogP contribution is -2.62. The molecule has 26 heavy (non-hydrogen) atoms. The van der Waals surface area contributed by atoms with E-state index in [-0.39, 0.29) is 23.2 Å². The predicted octanol–water partition coefficient (Wildman–Crippen LogP) is 2.23. The first kappa shape index (κ1) is 18.3. The Balaban J connectivity index is 1.74. The zero-order chi connectivity index (χ0) is 18.9. The van der Waals surface area contributed by atoms with E-state index in [1.165, 1.54) is 5.57 Å². The monoisotopic (exact) mass is 361 g/mol. The van der Waals surface area contributed by atoms with Crippen LogP contribution in [-0.2, 0) is 4.79 Å². The van der Waals surface area contributed by atoms with Crippen molar-refractivity contribution in [3.8, 4) is 0 Å². The van der Waals surface area contributed by atoms with Crippen LogP contribution in [-0.4, -0.2) is 45.1 Å². The third-order valence-corrected chi connectivity index (χ3v) is 8.69. The molecule has 7 atom stereocenters. The van der Waals surface area contributed by atoms with Crippen molar-refractivity contribution in [1.29, 1.82) is 5.41 Å². The van der Waals surface area contributed by atoms with Crippen molar-refractivity contribution < 1.29 is 20.1 Å². The van der Waals surface area contributed by atoms with Crippen LogP contribution in [0.3, 0.4) is 0 Å². The zero-order valence-corrected chi connectivity index (χ0v) is 15.8. The molecule has 4 rings (SSSR count). The first-order valence-electron chi connectivity index (χ1n) is 10.0. The second-order valence-electron chi connectivity index (χ2n) is 9.62. The molecule has 0 aromatic rings. The standard InChI is InChI=1S/C21H31NO4/c1-19-7-5-13(22)9-12(19)3-4-14-15-6-8-21(26,17(25)11-23)20(15,2)10-16(24)18(14)19/h9,14-16,18,22-24,26H,3-8,10-11H2,1-2H3. The highest BCUT2D eigenvalue weighted by Gasteiger charge is 2.68. The van der Waals surface area contributed by atoms with Crippen molar-refractivity contribution in [2.24, 2.45) is 28.6 Å². The average molecular weight is 361 g/mol. The van der Waals surface area contributed by atoms with Crippen molar-refractivity contribution >= 4 is 11.5 Å². The topological polar surface area (TPSA) is 102 Å². The number of allylic oxidation sites excluding steroid dienone is 2. The molecule has 5 heteroatoms. The highest BCUT2D eigenvalue weighted by atomic mass is 16.3. The number of carbonyl (C=O) groups excluding carboxylic acids is 1. The summed E-state index contributed by atoms with van der Waals surface area (Å²) in [5.74, 6) is 0.0944. The molecule has 7 unspecified atom stereocenters. The Labute approximate surface area is 155 Å². The largest absolute Gasteiger partial charge is 0.393 e. The Bertz CT molecular complexity index is 687. The lowest BCUT2D eigenvalue weighted by atomic mass is 9.45. The molecule has 0 aliphatic heterocycles. The van der Waals surface area contributed by atoms with Crippen molar-refractivity contribution in [3.05, 3.63) is 11.6 Å². The fraction of sp³-hybridized carbons (Fsp3) is 0.810. The minimum Gasteiger partial charge on any atom is -0.393 e. The summed E-state index contributed by atoms with van der Waals surface area (Å²) in [5, 5.41) is 39.8. The number of Topliss-reactive ketones (excluding diaryl/α,β-unsaturated/α-hetero) is 1. The van der Waals surface area contributed by atoms with Gasteiger partial charge in [-0.25, -0.2) is 0 Å². The summed E-state index contributed by atoms with van der Waals surface area (Å²) in [7, 11) is 0. The Hall–Kier alpha value is -1.04. The Morgan fingerprint density at radius 2 is 2.00 bits per heavy atom. The smallest absolute Gasteiger partial charge is 0.190 e. The van der Waals surface area contributed by atoms with E-state index in [1.807, 2.05) is 13.0 Å². The summed E-state index contributed by atoms with van der Waals surface area (Å²) < 4.78 is 0. The molecular weight excluding hydrogens is 330 g/mol. The molecule has 144 valence electrons. The summed E-state index contributed by atoms with van der Waals surface area (Å²) in [5.41, 5.74) is -0.293. The van der Waals surface area contributed by atoms with Gasteiger partial charge in [-0.2, -0.15) is 0 Å². The van der Waals surface area contributed by atoms with E-state index in [9.17, 15) is 20.1 Å². The zero-order valence-electron chi connectivity index (χ0n) is 15.8. The molecule has 0 heterocycles. The number of aliphatic hydroxyl groups is 3. The number of ketones is 1. The summed E-state index contributed by atoms with van der Waals surface area (Å²) in [6, 6.07) is 0. The van der Waals surface area contributed by atoms with Gasteiger partial charge in [0.1, 0.15) is 12.2 Å². The highest BCUT2D eigenvalue weighted by Crippen LogP contribution is 2.67. The van der Waals surface area contributed by atoms with E-state index in [0.717, 1.165) is 32.1 Å². The van der Waals surface area contributed by atoms with Crippen molar-refractivity contribution in [2.45, 2.75) is 70.5 Å². The molecule has 0 bridgehead atoms. The number of fused-ring (bicyclic) bond motifs is 5. The van der Waals surface area contributed by atoms with Gasteiger partial charge in [0.25, 0.3) is 0 Å². The molecule has 3 fully saturated rings. The van der Waals surface area contributed by atoms with Gasteiger partial charge in [0, 0.05) is 11.1 Å². The number of hydrogen-bond acceptors (Lipinski definition) is 5. The van der Waals surface area contributed by atoms with E-state index in [2.05, 4.69) is 6.92 Å². The number of hydrogen-bond donors (Lipinski definition) is 4. The number of nitrogens with one attached hydrogen (secondary N) is 1. The second-order valence-corrected chi connectivity index (χ2v) is 9.62. The van der Waals surface area contributed by atoms with E-state index in [0.29, 0.717) is 18.6 Å². The lowest BCUT2D eigenvalue weighted by Gasteiger charge is -2.60. The third-order valence-electron chi connectivity index (χ3n) is 8.69. The lowest BCUT2D eigenvalue weighted by molar-refractivity contribution is -0.181. The van der Waals surface area contributed by atoms with Gasteiger partial charge in [-0.3, -0.25) is 4.79 Å². The number of aliphatic hydroxyl groups excluding tert-OH is 2. The van der Waals surface area contributed by atoms with Gasteiger partial charge in [-0.1, -0.05) is 19.4 Å². The average Bonchev–Trinajstić information content (AvgIpc) is 2.86. The van der Waals surface area contributed by atoms with Gasteiger partial charge >= 0.3 is 0 Å². The molecule has 0 amide bonds. The Morgan fingerprint density at radius 1 is 1.27 bits per heavy atom.